The van der Waals surface area contributed by atoms with Crippen molar-refractivity contribution in [2.24, 2.45) is 5.92 Å². The Morgan fingerprint density at radius 2 is 2.42 bits per heavy atom. The zero-order chi connectivity index (χ0) is 9.14. The predicted molar refractivity (Wildman–Crippen MR) is 45.8 cm³/mol. The summed E-state index contributed by atoms with van der Waals surface area (Å²) in [6.07, 6.45) is 1.31. The Bertz CT molecular complexity index is 300. The lowest BCUT2D eigenvalue weighted by atomic mass is 10.2. The molecular weight excluding hydrogens is 158 g/mol. The van der Waals surface area contributed by atoms with Gasteiger partial charge in [0.2, 0.25) is 5.88 Å². The fraction of sp³-hybridized carbons (Fsp3) is 0.571. The van der Waals surface area contributed by atoms with E-state index in [2.05, 4.69) is 10.4 Å². The van der Waals surface area contributed by atoms with Crippen molar-refractivity contribution in [2.45, 2.75) is 13.8 Å². The van der Waals surface area contributed by atoms with Gasteiger partial charge in [-0.2, -0.15) is 0 Å². The molecule has 5 heteroatoms. The van der Waals surface area contributed by atoms with Crippen LogP contribution in [0.15, 0.2) is 11.0 Å². The van der Waals surface area contributed by atoms with Crippen LogP contribution in [0, 0.1) is 5.92 Å². The molecule has 0 fully saturated rings. The van der Waals surface area contributed by atoms with Crippen molar-refractivity contribution >= 4 is 0 Å². The van der Waals surface area contributed by atoms with Gasteiger partial charge in [-0.05, 0) is 5.92 Å². The standard InChI is InChI=1S/C7H13N3O2/c1-5(2)3-8-10-4-6(11)9-7(10)12/h4-5,8,11H,3H2,1-2H3,(H,9,12). The summed E-state index contributed by atoms with van der Waals surface area (Å²) in [5.74, 6) is 0.324. The Balaban J connectivity index is 2.63. The highest BCUT2D eigenvalue weighted by Crippen LogP contribution is 1.96. The van der Waals surface area contributed by atoms with Gasteiger partial charge in [0, 0.05) is 6.54 Å². The normalized spacial score (nSPS) is 10.6. The van der Waals surface area contributed by atoms with Crippen molar-refractivity contribution < 1.29 is 5.11 Å². The smallest absolute Gasteiger partial charge is 0.346 e. The van der Waals surface area contributed by atoms with Gasteiger partial charge in [0.1, 0.15) is 0 Å². The van der Waals surface area contributed by atoms with E-state index >= 15 is 0 Å². The van der Waals surface area contributed by atoms with Gasteiger partial charge in [-0.3, -0.25) is 4.98 Å². The number of H-pyrrole nitrogens is 1. The zero-order valence-corrected chi connectivity index (χ0v) is 7.16. The van der Waals surface area contributed by atoms with Crippen molar-refractivity contribution in [2.75, 3.05) is 12.0 Å². The van der Waals surface area contributed by atoms with E-state index in [4.69, 9.17) is 5.11 Å². The summed E-state index contributed by atoms with van der Waals surface area (Å²) in [4.78, 5) is 13.2. The van der Waals surface area contributed by atoms with E-state index in [1.54, 1.807) is 0 Å². The average molecular weight is 171 g/mol. The highest BCUT2D eigenvalue weighted by Gasteiger charge is 2.00. The van der Waals surface area contributed by atoms with E-state index in [0.717, 1.165) is 0 Å². The average Bonchev–Trinajstić information content (AvgIpc) is 2.26. The monoisotopic (exact) mass is 171 g/mol. The van der Waals surface area contributed by atoms with Crippen LogP contribution < -0.4 is 11.1 Å². The number of rotatable bonds is 3. The van der Waals surface area contributed by atoms with Crippen molar-refractivity contribution in [1.29, 1.82) is 0 Å². The fourth-order valence-electron chi connectivity index (χ4n) is 0.781. The summed E-state index contributed by atoms with van der Waals surface area (Å²) in [6.45, 7) is 4.76. The molecule has 0 unspecified atom stereocenters. The Labute approximate surface area is 70.0 Å². The molecule has 0 saturated heterocycles. The molecule has 0 atom stereocenters. The number of nitrogens with one attached hydrogen (secondary N) is 2. The third-order valence-electron chi connectivity index (χ3n) is 1.38. The van der Waals surface area contributed by atoms with Crippen LogP contribution in [-0.2, 0) is 0 Å². The summed E-state index contributed by atoms with van der Waals surface area (Å²) >= 11 is 0. The maximum atomic E-state index is 10.9. The first-order chi connectivity index (χ1) is 5.59. The van der Waals surface area contributed by atoms with Gasteiger partial charge < -0.3 is 10.5 Å². The van der Waals surface area contributed by atoms with Gasteiger partial charge in [0.15, 0.2) is 0 Å². The van der Waals surface area contributed by atoms with Crippen LogP contribution in [0.4, 0.5) is 0 Å². The molecule has 3 N–H and O–H groups in total. The molecule has 0 bridgehead atoms. The number of hydrogen-bond donors (Lipinski definition) is 3. The minimum atomic E-state index is -0.354. The van der Waals surface area contributed by atoms with Crippen molar-refractivity contribution in [3.8, 4) is 5.88 Å². The lowest BCUT2D eigenvalue weighted by Gasteiger charge is -2.07. The second-order valence-corrected chi connectivity index (χ2v) is 3.07. The summed E-state index contributed by atoms with van der Waals surface area (Å²) < 4.78 is 1.23. The lowest BCUT2D eigenvalue weighted by molar-refractivity contribution is 0.455. The maximum Gasteiger partial charge on any atom is 0.346 e. The molecule has 0 aliphatic rings. The van der Waals surface area contributed by atoms with Gasteiger partial charge in [0.25, 0.3) is 0 Å². The molecule has 0 aliphatic heterocycles. The molecule has 1 aromatic heterocycles. The topological polar surface area (TPSA) is 70.0 Å². The second kappa shape index (κ2) is 3.34. The molecule has 0 amide bonds. The van der Waals surface area contributed by atoms with Crippen LogP contribution >= 0.6 is 0 Å². The number of aromatic amines is 1. The highest BCUT2D eigenvalue weighted by atomic mass is 16.3. The molecule has 0 aliphatic carbocycles. The Hall–Kier alpha value is -1.39. The predicted octanol–water partition coefficient (Wildman–Crippen LogP) is 0.0815. The Kier molecular flexibility index (Phi) is 2.42. The molecule has 68 valence electrons. The Morgan fingerprint density at radius 3 is 2.83 bits per heavy atom. The quantitative estimate of drug-likeness (QED) is 0.603. The van der Waals surface area contributed by atoms with E-state index in [0.29, 0.717) is 12.5 Å². The van der Waals surface area contributed by atoms with Crippen LogP contribution in [-0.4, -0.2) is 21.3 Å². The van der Waals surface area contributed by atoms with Crippen molar-refractivity contribution in [3.63, 3.8) is 0 Å². The third kappa shape index (κ3) is 2.05. The van der Waals surface area contributed by atoms with E-state index in [1.807, 2.05) is 13.8 Å². The number of aromatic nitrogens is 2. The molecule has 12 heavy (non-hydrogen) atoms. The van der Waals surface area contributed by atoms with Crippen LogP contribution in [0.25, 0.3) is 0 Å². The second-order valence-electron chi connectivity index (χ2n) is 3.07. The van der Waals surface area contributed by atoms with Gasteiger partial charge in [-0.15, -0.1) is 0 Å². The minimum Gasteiger partial charge on any atom is -0.493 e. The summed E-state index contributed by atoms with van der Waals surface area (Å²) in [7, 11) is 0. The van der Waals surface area contributed by atoms with Crippen LogP contribution in [0.3, 0.4) is 0 Å². The summed E-state index contributed by atoms with van der Waals surface area (Å²) in [6, 6.07) is 0. The molecular formula is C7H13N3O2. The van der Waals surface area contributed by atoms with Gasteiger partial charge >= 0.3 is 5.69 Å². The number of imidazole rings is 1. The third-order valence-corrected chi connectivity index (χ3v) is 1.38. The number of hydrogen-bond acceptors (Lipinski definition) is 3. The van der Waals surface area contributed by atoms with E-state index in [1.165, 1.54) is 10.9 Å². The first-order valence-electron chi connectivity index (χ1n) is 3.84. The van der Waals surface area contributed by atoms with Crippen LogP contribution in [0.1, 0.15) is 13.8 Å². The first kappa shape index (κ1) is 8.70. The molecule has 0 aromatic carbocycles. The largest absolute Gasteiger partial charge is 0.493 e. The van der Waals surface area contributed by atoms with Crippen molar-refractivity contribution in [3.05, 3.63) is 16.7 Å². The molecule has 0 spiro atoms. The number of aromatic hydroxyl groups is 1. The molecule has 1 aromatic rings. The van der Waals surface area contributed by atoms with Gasteiger partial charge in [0.05, 0.1) is 6.20 Å². The maximum absolute atomic E-state index is 10.9. The molecule has 0 saturated carbocycles. The highest BCUT2D eigenvalue weighted by molar-refractivity contribution is 5.02. The zero-order valence-electron chi connectivity index (χ0n) is 7.16. The van der Waals surface area contributed by atoms with Crippen LogP contribution in [0.5, 0.6) is 5.88 Å². The first-order valence-corrected chi connectivity index (χ1v) is 3.84. The SMILES string of the molecule is CC(C)CNn1cc(O)[nH]c1=O. The van der Waals surface area contributed by atoms with Crippen molar-refractivity contribution in [1.82, 2.24) is 9.66 Å². The summed E-state index contributed by atoms with van der Waals surface area (Å²) in [5, 5.41) is 8.88. The lowest BCUT2D eigenvalue weighted by Crippen LogP contribution is -2.28. The van der Waals surface area contributed by atoms with E-state index in [9.17, 15) is 4.79 Å². The minimum absolute atomic E-state index is 0.128. The molecule has 1 rings (SSSR count). The number of nitrogens with zero attached hydrogens (tertiary/aromatic N) is 1. The van der Waals surface area contributed by atoms with Gasteiger partial charge in [-0.25, -0.2) is 9.47 Å². The molecule has 1 heterocycles. The van der Waals surface area contributed by atoms with Crippen LogP contribution in [0.2, 0.25) is 0 Å². The summed E-state index contributed by atoms with van der Waals surface area (Å²) in [5.41, 5.74) is 2.49. The fourth-order valence-corrected chi connectivity index (χ4v) is 0.781. The van der Waals surface area contributed by atoms with E-state index < -0.39 is 0 Å². The Morgan fingerprint density at radius 1 is 1.75 bits per heavy atom. The van der Waals surface area contributed by atoms with E-state index in [-0.39, 0.29) is 11.6 Å². The van der Waals surface area contributed by atoms with Gasteiger partial charge in [-0.1, -0.05) is 13.8 Å². The molecule has 5 nitrogen and oxygen atoms in total. The molecule has 0 radical (unpaired) electrons.